The Kier molecular flexibility index (Phi) is 2.07. The molecule has 0 spiro atoms. The molecule has 1 heterocycles. The summed E-state index contributed by atoms with van der Waals surface area (Å²) in [5, 5.41) is 3.38. The lowest BCUT2D eigenvalue weighted by atomic mass is 10.1. The van der Waals surface area contributed by atoms with Crippen molar-refractivity contribution in [1.29, 1.82) is 0 Å². The molecule has 0 aromatic heterocycles. The van der Waals surface area contributed by atoms with Gasteiger partial charge in [-0.25, -0.2) is 0 Å². The minimum absolute atomic E-state index is 0.812. The zero-order valence-corrected chi connectivity index (χ0v) is 9.16. The average Bonchev–Trinajstić information content (AvgIpc) is 2.47. The number of aryl methyl sites for hydroxylation is 1. The van der Waals surface area contributed by atoms with Crippen molar-refractivity contribution in [3.63, 3.8) is 0 Å². The molecule has 0 aliphatic carbocycles. The van der Waals surface area contributed by atoms with Crippen LogP contribution < -0.4 is 10.1 Å². The van der Waals surface area contributed by atoms with E-state index in [9.17, 15) is 0 Å². The Labute approximate surface area is 94.9 Å². The number of fused-ring (bicyclic) bond motifs is 2. The topological polar surface area (TPSA) is 21.3 Å². The van der Waals surface area contributed by atoms with Crippen LogP contribution >= 0.6 is 0 Å². The van der Waals surface area contributed by atoms with Crippen molar-refractivity contribution in [2.45, 2.75) is 13.5 Å². The molecule has 0 bridgehead atoms. The lowest BCUT2D eigenvalue weighted by Gasteiger charge is -2.08. The van der Waals surface area contributed by atoms with Crippen molar-refractivity contribution in [2.24, 2.45) is 0 Å². The van der Waals surface area contributed by atoms with Gasteiger partial charge in [0.05, 0.1) is 5.69 Å². The SMILES string of the molecule is Cc1ccc2c(c1)Oc1ccccc1NC2. The first-order chi connectivity index (χ1) is 7.83. The number of para-hydroxylation sites is 2. The van der Waals surface area contributed by atoms with E-state index in [0.717, 1.165) is 23.7 Å². The van der Waals surface area contributed by atoms with Gasteiger partial charge in [-0.15, -0.1) is 0 Å². The van der Waals surface area contributed by atoms with Crippen molar-refractivity contribution in [3.8, 4) is 11.5 Å². The molecule has 2 nitrogen and oxygen atoms in total. The normalized spacial score (nSPS) is 12.8. The Balaban J connectivity index is 2.10. The van der Waals surface area contributed by atoms with Crippen molar-refractivity contribution in [2.75, 3.05) is 5.32 Å². The van der Waals surface area contributed by atoms with Crippen molar-refractivity contribution >= 4 is 5.69 Å². The van der Waals surface area contributed by atoms with Crippen molar-refractivity contribution < 1.29 is 4.74 Å². The third kappa shape index (κ3) is 1.52. The van der Waals surface area contributed by atoms with Gasteiger partial charge in [-0.1, -0.05) is 24.3 Å². The maximum absolute atomic E-state index is 5.92. The molecule has 0 unspecified atom stereocenters. The highest BCUT2D eigenvalue weighted by molar-refractivity contribution is 5.60. The van der Waals surface area contributed by atoms with E-state index < -0.39 is 0 Å². The highest BCUT2D eigenvalue weighted by Gasteiger charge is 2.12. The van der Waals surface area contributed by atoms with Gasteiger partial charge in [-0.2, -0.15) is 0 Å². The zero-order chi connectivity index (χ0) is 11.0. The standard InChI is InChI=1S/C14H13NO/c1-10-6-7-11-9-15-12-4-2-3-5-13(12)16-14(11)8-10/h2-8,15H,9H2,1H3. The number of hydrogen-bond donors (Lipinski definition) is 1. The van der Waals surface area contributed by atoms with Crippen LogP contribution in [-0.4, -0.2) is 0 Å². The summed E-state index contributed by atoms with van der Waals surface area (Å²) in [6, 6.07) is 14.3. The molecule has 0 radical (unpaired) electrons. The maximum Gasteiger partial charge on any atom is 0.150 e. The molecule has 1 N–H and O–H groups in total. The molecule has 0 atom stereocenters. The van der Waals surface area contributed by atoms with E-state index in [4.69, 9.17) is 4.74 Å². The lowest BCUT2D eigenvalue weighted by molar-refractivity contribution is 0.483. The van der Waals surface area contributed by atoms with Crippen molar-refractivity contribution in [3.05, 3.63) is 53.6 Å². The van der Waals surface area contributed by atoms with E-state index in [0.29, 0.717) is 0 Å². The average molecular weight is 211 g/mol. The van der Waals surface area contributed by atoms with Crippen LogP contribution in [-0.2, 0) is 6.54 Å². The fraction of sp³-hybridized carbons (Fsp3) is 0.143. The summed E-state index contributed by atoms with van der Waals surface area (Å²) >= 11 is 0. The van der Waals surface area contributed by atoms with E-state index in [1.807, 2.05) is 24.3 Å². The van der Waals surface area contributed by atoms with Gasteiger partial charge in [-0.3, -0.25) is 0 Å². The molecule has 0 saturated heterocycles. The molecular formula is C14H13NO. The molecule has 2 heteroatoms. The summed E-state index contributed by atoms with van der Waals surface area (Å²) in [5.74, 6) is 1.85. The van der Waals surface area contributed by atoms with Gasteiger partial charge in [0.25, 0.3) is 0 Å². The van der Waals surface area contributed by atoms with E-state index >= 15 is 0 Å². The maximum atomic E-state index is 5.92. The largest absolute Gasteiger partial charge is 0.455 e. The number of nitrogens with one attached hydrogen (secondary N) is 1. The second kappa shape index (κ2) is 3.56. The highest BCUT2D eigenvalue weighted by Crippen LogP contribution is 2.35. The van der Waals surface area contributed by atoms with Crippen LogP contribution in [0.25, 0.3) is 0 Å². The Bertz CT molecular complexity index is 534. The van der Waals surface area contributed by atoms with Crippen LogP contribution in [0.15, 0.2) is 42.5 Å². The summed E-state index contributed by atoms with van der Waals surface area (Å²) in [6.07, 6.45) is 0. The third-order valence-corrected chi connectivity index (χ3v) is 2.80. The van der Waals surface area contributed by atoms with Crippen LogP contribution in [0.2, 0.25) is 0 Å². The smallest absolute Gasteiger partial charge is 0.150 e. The van der Waals surface area contributed by atoms with E-state index in [-0.39, 0.29) is 0 Å². The predicted molar refractivity (Wildman–Crippen MR) is 65.0 cm³/mol. The quantitative estimate of drug-likeness (QED) is 0.717. The highest BCUT2D eigenvalue weighted by atomic mass is 16.5. The molecule has 16 heavy (non-hydrogen) atoms. The number of hydrogen-bond acceptors (Lipinski definition) is 2. The summed E-state index contributed by atoms with van der Waals surface area (Å²) < 4.78 is 5.92. The lowest BCUT2D eigenvalue weighted by Crippen LogP contribution is -1.96. The van der Waals surface area contributed by atoms with Gasteiger partial charge in [0.15, 0.2) is 5.75 Å². The summed E-state index contributed by atoms with van der Waals surface area (Å²) in [4.78, 5) is 0. The van der Waals surface area contributed by atoms with Crippen LogP contribution in [0.4, 0.5) is 5.69 Å². The Hall–Kier alpha value is -1.96. The predicted octanol–water partition coefficient (Wildman–Crippen LogP) is 3.71. The van der Waals surface area contributed by atoms with Gasteiger partial charge in [0, 0.05) is 12.1 Å². The molecule has 0 fully saturated rings. The molecule has 1 aliphatic rings. The molecule has 3 rings (SSSR count). The fourth-order valence-corrected chi connectivity index (χ4v) is 1.91. The summed E-state index contributed by atoms with van der Waals surface area (Å²) in [5.41, 5.74) is 3.47. The zero-order valence-electron chi connectivity index (χ0n) is 9.16. The second-order valence-electron chi connectivity index (χ2n) is 4.06. The number of ether oxygens (including phenoxy) is 1. The molecule has 2 aromatic rings. The third-order valence-electron chi connectivity index (χ3n) is 2.80. The van der Waals surface area contributed by atoms with Gasteiger partial charge in [-0.05, 0) is 30.7 Å². The summed E-state index contributed by atoms with van der Waals surface area (Å²) in [7, 11) is 0. The van der Waals surface area contributed by atoms with Gasteiger partial charge >= 0.3 is 0 Å². The molecular weight excluding hydrogens is 198 g/mol. The van der Waals surface area contributed by atoms with Gasteiger partial charge < -0.3 is 10.1 Å². The molecule has 80 valence electrons. The van der Waals surface area contributed by atoms with Crippen LogP contribution in [0, 0.1) is 6.92 Å². The Morgan fingerprint density at radius 2 is 1.94 bits per heavy atom. The minimum atomic E-state index is 0.812. The van der Waals surface area contributed by atoms with Gasteiger partial charge in [0.2, 0.25) is 0 Å². The van der Waals surface area contributed by atoms with Crippen LogP contribution in [0.5, 0.6) is 11.5 Å². The first kappa shape index (κ1) is 9.28. The van der Waals surface area contributed by atoms with Crippen molar-refractivity contribution in [1.82, 2.24) is 0 Å². The first-order valence-corrected chi connectivity index (χ1v) is 5.43. The minimum Gasteiger partial charge on any atom is -0.455 e. The Morgan fingerprint density at radius 1 is 1.06 bits per heavy atom. The van der Waals surface area contributed by atoms with E-state index in [1.165, 1.54) is 11.1 Å². The molecule has 1 aliphatic heterocycles. The molecule has 0 amide bonds. The fourth-order valence-electron chi connectivity index (χ4n) is 1.91. The van der Waals surface area contributed by atoms with E-state index in [1.54, 1.807) is 0 Å². The number of rotatable bonds is 0. The first-order valence-electron chi connectivity index (χ1n) is 5.43. The van der Waals surface area contributed by atoms with Crippen LogP contribution in [0.3, 0.4) is 0 Å². The number of anilines is 1. The van der Waals surface area contributed by atoms with E-state index in [2.05, 4.69) is 30.4 Å². The van der Waals surface area contributed by atoms with Crippen LogP contribution in [0.1, 0.15) is 11.1 Å². The van der Waals surface area contributed by atoms with Gasteiger partial charge in [0.1, 0.15) is 5.75 Å². The molecule has 0 saturated carbocycles. The number of benzene rings is 2. The summed E-state index contributed by atoms with van der Waals surface area (Å²) in [6.45, 7) is 2.89. The monoisotopic (exact) mass is 211 g/mol. The Morgan fingerprint density at radius 3 is 2.88 bits per heavy atom. The molecule has 2 aromatic carbocycles. The second-order valence-corrected chi connectivity index (χ2v) is 4.06.